The molecule has 0 aliphatic carbocycles. The molecule has 33 heavy (non-hydrogen) atoms. The van der Waals surface area contributed by atoms with Crippen molar-refractivity contribution in [1.82, 2.24) is 20.6 Å². The number of aromatic nitrogens is 4. The summed E-state index contributed by atoms with van der Waals surface area (Å²) in [6.45, 7) is 0.806. The minimum absolute atomic E-state index is 0.246. The van der Waals surface area contributed by atoms with Crippen LogP contribution in [0, 0.1) is 0 Å². The number of rotatable bonds is 7. The summed E-state index contributed by atoms with van der Waals surface area (Å²) in [4.78, 5) is 12.8. The van der Waals surface area contributed by atoms with E-state index in [-0.39, 0.29) is 12.5 Å². The molecular weight excluding hydrogens is 422 g/mol. The number of nitrogens with one attached hydrogen (secondary N) is 2. The Hall–Kier alpha value is -4.40. The lowest BCUT2D eigenvalue weighted by Gasteiger charge is -2.26. The van der Waals surface area contributed by atoms with Crippen LogP contribution in [0.2, 0.25) is 0 Å². The number of tetrazole rings is 1. The molecule has 1 amide bonds. The summed E-state index contributed by atoms with van der Waals surface area (Å²) in [5, 5.41) is 16.7. The fourth-order valence-corrected chi connectivity index (χ4v) is 3.45. The molecule has 5 rings (SSSR count). The van der Waals surface area contributed by atoms with Crippen molar-refractivity contribution in [2.75, 3.05) is 18.5 Å². The van der Waals surface area contributed by atoms with Crippen LogP contribution in [0.4, 0.5) is 5.69 Å². The van der Waals surface area contributed by atoms with Crippen LogP contribution in [0.25, 0.3) is 0 Å². The van der Waals surface area contributed by atoms with E-state index in [0.717, 1.165) is 6.42 Å². The molecule has 9 nitrogen and oxygen atoms in total. The Bertz CT molecular complexity index is 1210. The lowest BCUT2D eigenvalue weighted by atomic mass is 10.1. The standard InChI is InChI=1S/C24H21N5O4/c30-24(17-9-11-18(12-10-17)31-14-13-16-5-2-1-3-6-16)25-19-7-4-8-20-22(19)33-21(15-32-20)23-26-28-29-27-23/h1-12,21H,13-15H2,(H,25,30)(H,26,27,28,29). The largest absolute Gasteiger partial charge is 0.493 e. The summed E-state index contributed by atoms with van der Waals surface area (Å²) in [6.07, 6.45) is 0.288. The van der Waals surface area contributed by atoms with Crippen molar-refractivity contribution in [3.05, 3.63) is 89.7 Å². The third-order valence-corrected chi connectivity index (χ3v) is 5.15. The molecular formula is C24H21N5O4. The average molecular weight is 443 g/mol. The molecule has 1 unspecified atom stereocenters. The SMILES string of the molecule is O=C(Nc1cccc2c1OC(c1nn[nH]n1)CO2)c1ccc(OCCc2ccccc2)cc1. The monoisotopic (exact) mass is 443 g/mol. The molecule has 2 N–H and O–H groups in total. The highest BCUT2D eigenvalue weighted by Crippen LogP contribution is 2.41. The van der Waals surface area contributed by atoms with Crippen molar-refractivity contribution in [2.24, 2.45) is 0 Å². The molecule has 1 aromatic heterocycles. The van der Waals surface area contributed by atoms with Crippen molar-refractivity contribution in [3.8, 4) is 17.2 Å². The van der Waals surface area contributed by atoms with E-state index < -0.39 is 6.10 Å². The van der Waals surface area contributed by atoms with Crippen LogP contribution >= 0.6 is 0 Å². The third-order valence-electron chi connectivity index (χ3n) is 5.15. The Morgan fingerprint density at radius 1 is 1.06 bits per heavy atom. The maximum Gasteiger partial charge on any atom is 0.255 e. The van der Waals surface area contributed by atoms with Crippen LogP contribution in [0.1, 0.15) is 27.8 Å². The van der Waals surface area contributed by atoms with Gasteiger partial charge >= 0.3 is 0 Å². The van der Waals surface area contributed by atoms with Crippen LogP contribution in [-0.4, -0.2) is 39.7 Å². The summed E-state index contributed by atoms with van der Waals surface area (Å²) in [6, 6.07) is 22.5. The fraction of sp³-hybridized carbons (Fsp3) is 0.167. The molecule has 3 aromatic carbocycles. The molecule has 0 saturated heterocycles. The van der Waals surface area contributed by atoms with Gasteiger partial charge in [0.1, 0.15) is 12.4 Å². The van der Waals surface area contributed by atoms with Crippen molar-refractivity contribution in [2.45, 2.75) is 12.5 Å². The fourth-order valence-electron chi connectivity index (χ4n) is 3.45. The van der Waals surface area contributed by atoms with Gasteiger partial charge in [0.15, 0.2) is 17.6 Å². The summed E-state index contributed by atoms with van der Waals surface area (Å²) in [7, 11) is 0. The molecule has 0 bridgehead atoms. The average Bonchev–Trinajstić information content (AvgIpc) is 3.40. The van der Waals surface area contributed by atoms with Gasteiger partial charge in [-0.05, 0) is 42.0 Å². The first-order valence-corrected chi connectivity index (χ1v) is 10.5. The van der Waals surface area contributed by atoms with Gasteiger partial charge in [-0.3, -0.25) is 4.79 Å². The van der Waals surface area contributed by atoms with Gasteiger partial charge in [-0.15, -0.1) is 10.2 Å². The molecule has 2 heterocycles. The number of carbonyl (C=O) groups is 1. The van der Waals surface area contributed by atoms with Crippen molar-refractivity contribution < 1.29 is 19.0 Å². The van der Waals surface area contributed by atoms with Gasteiger partial charge in [-0.25, -0.2) is 0 Å². The van der Waals surface area contributed by atoms with E-state index in [9.17, 15) is 4.79 Å². The minimum atomic E-state index is -0.526. The highest BCUT2D eigenvalue weighted by atomic mass is 16.6. The summed E-state index contributed by atoms with van der Waals surface area (Å²) in [5.41, 5.74) is 2.20. The summed E-state index contributed by atoms with van der Waals surface area (Å²) < 4.78 is 17.6. The van der Waals surface area contributed by atoms with Crippen LogP contribution in [-0.2, 0) is 6.42 Å². The maximum absolute atomic E-state index is 12.8. The first kappa shape index (κ1) is 20.5. The first-order chi connectivity index (χ1) is 16.3. The van der Waals surface area contributed by atoms with Crippen molar-refractivity contribution in [1.29, 1.82) is 0 Å². The zero-order valence-corrected chi connectivity index (χ0v) is 17.6. The Balaban J connectivity index is 1.22. The number of para-hydroxylation sites is 1. The molecule has 166 valence electrons. The van der Waals surface area contributed by atoms with E-state index >= 15 is 0 Å². The van der Waals surface area contributed by atoms with Gasteiger partial charge in [-0.2, -0.15) is 5.21 Å². The smallest absolute Gasteiger partial charge is 0.255 e. The second-order valence-electron chi connectivity index (χ2n) is 7.38. The number of aromatic amines is 1. The van der Waals surface area contributed by atoms with Crippen LogP contribution in [0.5, 0.6) is 17.2 Å². The van der Waals surface area contributed by atoms with E-state index in [1.807, 2.05) is 18.2 Å². The van der Waals surface area contributed by atoms with Crippen LogP contribution in [0.3, 0.4) is 0 Å². The van der Waals surface area contributed by atoms with Crippen LogP contribution < -0.4 is 19.5 Å². The molecule has 4 aromatic rings. The third kappa shape index (κ3) is 4.77. The number of benzene rings is 3. The number of fused-ring (bicyclic) bond motifs is 1. The predicted octanol–water partition coefficient (Wildman–Crippen LogP) is 3.59. The van der Waals surface area contributed by atoms with E-state index in [0.29, 0.717) is 40.9 Å². The zero-order chi connectivity index (χ0) is 22.5. The van der Waals surface area contributed by atoms with Gasteiger partial charge in [0.25, 0.3) is 5.91 Å². The number of hydrogen-bond donors (Lipinski definition) is 2. The highest BCUT2D eigenvalue weighted by Gasteiger charge is 2.28. The van der Waals surface area contributed by atoms with Crippen molar-refractivity contribution >= 4 is 11.6 Å². The number of hydrogen-bond acceptors (Lipinski definition) is 7. The first-order valence-electron chi connectivity index (χ1n) is 10.5. The number of H-pyrrole nitrogens is 1. The van der Waals surface area contributed by atoms with Crippen LogP contribution in [0.15, 0.2) is 72.8 Å². The Morgan fingerprint density at radius 2 is 1.91 bits per heavy atom. The Labute approximate surface area is 189 Å². The number of carbonyl (C=O) groups excluding carboxylic acids is 1. The number of anilines is 1. The van der Waals surface area contributed by atoms with E-state index in [4.69, 9.17) is 14.2 Å². The van der Waals surface area contributed by atoms with Gasteiger partial charge in [-0.1, -0.05) is 41.6 Å². The van der Waals surface area contributed by atoms with Gasteiger partial charge in [0, 0.05) is 12.0 Å². The molecule has 0 spiro atoms. The molecule has 1 atom stereocenters. The van der Waals surface area contributed by atoms with E-state index in [2.05, 4.69) is 38.1 Å². The quantitative estimate of drug-likeness (QED) is 0.449. The molecule has 0 saturated carbocycles. The molecule has 1 aliphatic heterocycles. The Morgan fingerprint density at radius 3 is 2.70 bits per heavy atom. The minimum Gasteiger partial charge on any atom is -0.493 e. The van der Waals surface area contributed by atoms with Gasteiger partial charge in [0.05, 0.1) is 12.3 Å². The lowest BCUT2D eigenvalue weighted by molar-refractivity contribution is 0.0856. The number of ether oxygens (including phenoxy) is 3. The van der Waals surface area contributed by atoms with Gasteiger partial charge in [0.2, 0.25) is 5.82 Å². The molecule has 0 radical (unpaired) electrons. The summed E-state index contributed by atoms with van der Waals surface area (Å²) >= 11 is 0. The zero-order valence-electron chi connectivity index (χ0n) is 17.6. The van der Waals surface area contributed by atoms with E-state index in [1.54, 1.807) is 42.5 Å². The maximum atomic E-state index is 12.8. The molecule has 0 fully saturated rings. The van der Waals surface area contributed by atoms with Crippen molar-refractivity contribution in [3.63, 3.8) is 0 Å². The predicted molar refractivity (Wildman–Crippen MR) is 120 cm³/mol. The molecule has 1 aliphatic rings. The summed E-state index contributed by atoms with van der Waals surface area (Å²) in [5.74, 6) is 1.77. The number of amides is 1. The molecule has 9 heteroatoms. The normalized spacial score (nSPS) is 14.5. The second-order valence-corrected chi connectivity index (χ2v) is 7.38. The highest BCUT2D eigenvalue weighted by molar-refractivity contribution is 6.05. The number of nitrogens with zero attached hydrogens (tertiary/aromatic N) is 3. The topological polar surface area (TPSA) is 111 Å². The van der Waals surface area contributed by atoms with Gasteiger partial charge < -0.3 is 19.5 Å². The Kier molecular flexibility index (Phi) is 5.83. The second kappa shape index (κ2) is 9.39. The lowest BCUT2D eigenvalue weighted by Crippen LogP contribution is -2.24. The van der Waals surface area contributed by atoms with E-state index in [1.165, 1.54) is 5.56 Å².